The molecule has 3 heterocycles. The molecule has 4 aromatic rings. The number of pyridine rings is 1. The number of benzene rings is 1. The van der Waals surface area contributed by atoms with E-state index in [2.05, 4.69) is 25.5 Å². The molecule has 1 aromatic carbocycles. The Hall–Kier alpha value is -4.21. The second kappa shape index (κ2) is 7.43. The van der Waals surface area contributed by atoms with Crippen LogP contribution in [-0.4, -0.2) is 32.0 Å². The predicted molar refractivity (Wildman–Crippen MR) is 102 cm³/mol. The van der Waals surface area contributed by atoms with E-state index in [9.17, 15) is 14.0 Å². The highest BCUT2D eigenvalue weighted by atomic mass is 19.1. The Balaban J connectivity index is 1.60. The maximum Gasteiger partial charge on any atom is 0.242 e. The highest BCUT2D eigenvalue weighted by Gasteiger charge is 2.28. The lowest BCUT2D eigenvalue weighted by molar-refractivity contribution is -0.127. The number of aromatic nitrogens is 4. The zero-order chi connectivity index (χ0) is 20.4. The van der Waals surface area contributed by atoms with E-state index in [0.717, 1.165) is 6.07 Å². The number of amides is 2. The predicted octanol–water partition coefficient (Wildman–Crippen LogP) is 2.42. The van der Waals surface area contributed by atoms with E-state index in [-0.39, 0.29) is 17.1 Å². The van der Waals surface area contributed by atoms with E-state index in [1.165, 1.54) is 30.6 Å². The average Bonchev–Trinajstić information content (AvgIpc) is 3.35. The lowest BCUT2D eigenvalue weighted by Gasteiger charge is -2.15. The van der Waals surface area contributed by atoms with E-state index >= 15 is 0 Å². The van der Waals surface area contributed by atoms with Crippen molar-refractivity contribution < 1.29 is 18.7 Å². The normalized spacial score (nSPS) is 11.9. The number of fused-ring (bicyclic) bond motifs is 1. The van der Waals surface area contributed by atoms with Crippen LogP contribution in [0.4, 0.5) is 10.2 Å². The number of hydrogen-bond donors (Lipinski definition) is 4. The quantitative estimate of drug-likeness (QED) is 0.372. The summed E-state index contributed by atoms with van der Waals surface area (Å²) in [6, 6.07) is 8.66. The van der Waals surface area contributed by atoms with E-state index in [1.807, 2.05) is 0 Å². The minimum absolute atomic E-state index is 0.0698. The van der Waals surface area contributed by atoms with Gasteiger partial charge >= 0.3 is 0 Å². The Morgan fingerprint density at radius 3 is 2.72 bits per heavy atom. The van der Waals surface area contributed by atoms with Gasteiger partial charge in [0.15, 0.2) is 11.6 Å². The second-order valence-electron chi connectivity index (χ2n) is 6.14. The number of rotatable bonds is 6. The summed E-state index contributed by atoms with van der Waals surface area (Å²) in [6.07, 6.45) is 4.66. The maximum atomic E-state index is 14.7. The summed E-state index contributed by atoms with van der Waals surface area (Å²) < 4.78 is 20.3. The minimum Gasteiger partial charge on any atom is -0.453 e. The molecule has 29 heavy (non-hydrogen) atoms. The summed E-state index contributed by atoms with van der Waals surface area (Å²) in [5, 5.41) is 9.39. The topological polar surface area (TPSA) is 139 Å². The molecule has 0 aliphatic carbocycles. The molecule has 1 unspecified atom stereocenters. The molecule has 10 heteroatoms. The molecule has 0 bridgehead atoms. The third-order valence-electron chi connectivity index (χ3n) is 4.23. The molecule has 0 spiro atoms. The maximum absolute atomic E-state index is 14.7. The SMILES string of the molecule is NC(=O)C(C(=O)Nc1ccn[nH]1)c1ccc(Oc2ccnc3[nH]ccc23)c(F)c1. The van der Waals surface area contributed by atoms with Crippen LogP contribution in [0.3, 0.4) is 0 Å². The number of anilines is 1. The number of nitrogens with one attached hydrogen (secondary N) is 3. The monoisotopic (exact) mass is 394 g/mol. The van der Waals surface area contributed by atoms with Crippen LogP contribution in [0.5, 0.6) is 11.5 Å². The van der Waals surface area contributed by atoms with Crippen molar-refractivity contribution in [2.24, 2.45) is 5.73 Å². The van der Waals surface area contributed by atoms with Crippen molar-refractivity contribution in [1.82, 2.24) is 20.2 Å². The van der Waals surface area contributed by atoms with Crippen LogP contribution in [0.1, 0.15) is 11.5 Å². The van der Waals surface area contributed by atoms with Crippen LogP contribution in [0.2, 0.25) is 0 Å². The summed E-state index contributed by atoms with van der Waals surface area (Å²) in [6.45, 7) is 0. The summed E-state index contributed by atoms with van der Waals surface area (Å²) in [7, 11) is 0. The molecular formula is C19H15FN6O3. The van der Waals surface area contributed by atoms with Gasteiger partial charge in [0.1, 0.15) is 23.1 Å². The van der Waals surface area contributed by atoms with Crippen LogP contribution in [-0.2, 0) is 9.59 Å². The lowest BCUT2D eigenvalue weighted by Crippen LogP contribution is -2.32. The van der Waals surface area contributed by atoms with E-state index in [4.69, 9.17) is 10.5 Å². The third-order valence-corrected chi connectivity index (χ3v) is 4.23. The molecule has 0 aliphatic heterocycles. The molecule has 0 saturated heterocycles. The molecular weight excluding hydrogens is 379 g/mol. The summed E-state index contributed by atoms with van der Waals surface area (Å²) in [4.78, 5) is 31.4. The fraction of sp³-hybridized carbons (Fsp3) is 0.0526. The first-order valence-electron chi connectivity index (χ1n) is 8.52. The molecule has 0 saturated carbocycles. The van der Waals surface area contributed by atoms with Gasteiger partial charge in [-0.15, -0.1) is 0 Å². The molecule has 0 aliphatic rings. The zero-order valence-corrected chi connectivity index (χ0v) is 14.8. The van der Waals surface area contributed by atoms with Gasteiger partial charge in [-0.25, -0.2) is 9.37 Å². The Kier molecular flexibility index (Phi) is 4.65. The van der Waals surface area contributed by atoms with Gasteiger partial charge in [-0.1, -0.05) is 6.07 Å². The van der Waals surface area contributed by atoms with E-state index < -0.39 is 23.5 Å². The van der Waals surface area contributed by atoms with Gasteiger partial charge in [0.2, 0.25) is 11.8 Å². The first-order valence-corrected chi connectivity index (χ1v) is 8.52. The van der Waals surface area contributed by atoms with Crippen molar-refractivity contribution in [2.75, 3.05) is 5.32 Å². The average molecular weight is 394 g/mol. The van der Waals surface area contributed by atoms with Crippen LogP contribution < -0.4 is 15.8 Å². The number of H-pyrrole nitrogens is 2. The Bertz CT molecular complexity index is 1190. The number of nitrogens with zero attached hydrogens (tertiary/aromatic N) is 2. The molecule has 5 N–H and O–H groups in total. The van der Waals surface area contributed by atoms with Crippen molar-refractivity contribution in [2.45, 2.75) is 5.92 Å². The smallest absolute Gasteiger partial charge is 0.242 e. The Labute approximate surface area is 163 Å². The molecule has 2 amide bonds. The number of halogens is 1. The van der Waals surface area contributed by atoms with Gasteiger partial charge in [-0.05, 0) is 29.8 Å². The van der Waals surface area contributed by atoms with Crippen LogP contribution in [0, 0.1) is 5.82 Å². The number of ether oxygens (including phenoxy) is 1. The van der Waals surface area contributed by atoms with Crippen molar-refractivity contribution in [3.8, 4) is 11.5 Å². The molecule has 146 valence electrons. The van der Waals surface area contributed by atoms with Gasteiger partial charge < -0.3 is 20.8 Å². The number of nitrogens with two attached hydrogens (primary N) is 1. The first-order chi connectivity index (χ1) is 14.0. The highest BCUT2D eigenvalue weighted by Crippen LogP contribution is 2.31. The van der Waals surface area contributed by atoms with Gasteiger partial charge in [-0.2, -0.15) is 5.10 Å². The lowest BCUT2D eigenvalue weighted by atomic mass is 9.97. The van der Waals surface area contributed by atoms with Crippen LogP contribution >= 0.6 is 0 Å². The number of carbonyl (C=O) groups excluding carboxylic acids is 2. The number of primary amides is 1. The first kappa shape index (κ1) is 18.2. The van der Waals surface area contributed by atoms with Crippen LogP contribution in [0.25, 0.3) is 11.0 Å². The second-order valence-corrected chi connectivity index (χ2v) is 6.14. The van der Waals surface area contributed by atoms with Gasteiger partial charge in [0.25, 0.3) is 0 Å². The van der Waals surface area contributed by atoms with Gasteiger partial charge in [-0.3, -0.25) is 14.7 Å². The fourth-order valence-corrected chi connectivity index (χ4v) is 2.90. The van der Waals surface area contributed by atoms with Crippen molar-refractivity contribution in [3.05, 3.63) is 66.4 Å². The molecule has 9 nitrogen and oxygen atoms in total. The summed E-state index contributed by atoms with van der Waals surface area (Å²) in [5.41, 5.74) is 6.07. The van der Waals surface area contributed by atoms with E-state index in [1.54, 1.807) is 18.3 Å². The number of carbonyl (C=O) groups is 2. The standard InChI is InChI=1S/C19H15FN6O3/c20-12-9-10(16(17(21)27)19(28)25-15-5-8-24-26-15)1-2-14(12)29-13-4-7-23-18-11(13)3-6-22-18/h1-9,16H,(H2,21,27)(H,22,23)(H2,24,25,26,28). The zero-order valence-electron chi connectivity index (χ0n) is 14.8. The molecule has 4 rings (SSSR count). The third kappa shape index (κ3) is 3.63. The fourth-order valence-electron chi connectivity index (χ4n) is 2.90. The molecule has 3 aromatic heterocycles. The van der Waals surface area contributed by atoms with Crippen molar-refractivity contribution in [1.29, 1.82) is 0 Å². The van der Waals surface area contributed by atoms with Gasteiger partial charge in [0.05, 0.1) is 11.6 Å². The summed E-state index contributed by atoms with van der Waals surface area (Å²) >= 11 is 0. The molecule has 1 atom stereocenters. The number of hydrogen-bond acceptors (Lipinski definition) is 5. The van der Waals surface area contributed by atoms with E-state index in [0.29, 0.717) is 16.8 Å². The Morgan fingerprint density at radius 2 is 2.00 bits per heavy atom. The highest BCUT2D eigenvalue weighted by molar-refractivity contribution is 6.10. The largest absolute Gasteiger partial charge is 0.453 e. The molecule has 0 radical (unpaired) electrons. The Morgan fingerprint density at radius 1 is 1.14 bits per heavy atom. The molecule has 0 fully saturated rings. The van der Waals surface area contributed by atoms with Crippen molar-refractivity contribution >= 4 is 28.7 Å². The van der Waals surface area contributed by atoms with Gasteiger partial charge in [0, 0.05) is 18.5 Å². The number of aromatic amines is 2. The minimum atomic E-state index is -1.39. The summed E-state index contributed by atoms with van der Waals surface area (Å²) in [5.74, 6) is -3.14. The van der Waals surface area contributed by atoms with Crippen LogP contribution in [0.15, 0.2) is 55.0 Å². The van der Waals surface area contributed by atoms with Crippen molar-refractivity contribution in [3.63, 3.8) is 0 Å².